The Hall–Kier alpha value is -1.24. The predicted octanol–water partition coefficient (Wildman–Crippen LogP) is -0.628. The van der Waals surface area contributed by atoms with E-state index in [0.29, 0.717) is 0 Å². The lowest BCUT2D eigenvalue weighted by Crippen LogP contribution is -2.34. The van der Waals surface area contributed by atoms with Crippen LogP contribution in [-0.2, 0) is 0 Å². The summed E-state index contributed by atoms with van der Waals surface area (Å²) in [4.78, 5) is 0. The summed E-state index contributed by atoms with van der Waals surface area (Å²) in [6.07, 6.45) is 0. The standard InChI is InChI=1S/CH5N7/c2-1-8-6-4-3-5-7-8/h1-2H2,(H,3,6,7). The van der Waals surface area contributed by atoms with Crippen molar-refractivity contribution in [3.05, 3.63) is 0 Å². The highest BCUT2D eigenvalue weighted by atomic mass is 15.9. The third-order valence-corrected chi connectivity index (χ3v) is 0.566. The Morgan fingerprint density at radius 2 is 2.38 bits per heavy atom. The van der Waals surface area contributed by atoms with Gasteiger partial charge in [-0.2, -0.15) is 10.7 Å². The highest BCUT2D eigenvalue weighted by molar-refractivity contribution is 4.30. The molecule has 1 rings (SSSR count). The molecular weight excluding hydrogens is 110 g/mol. The molecular formula is CH5N7. The SMILES string of the molecule is NCN1N=NN=NN1. The van der Waals surface area contributed by atoms with E-state index in [1.54, 1.807) is 0 Å². The molecule has 0 saturated carbocycles. The van der Waals surface area contributed by atoms with E-state index in [1.807, 2.05) is 0 Å². The number of rotatable bonds is 1. The molecule has 0 aromatic carbocycles. The van der Waals surface area contributed by atoms with Crippen LogP contribution in [0.5, 0.6) is 0 Å². The minimum atomic E-state index is 0.225. The summed E-state index contributed by atoms with van der Waals surface area (Å²) in [5.41, 5.74) is 7.49. The van der Waals surface area contributed by atoms with Crippen molar-refractivity contribution < 1.29 is 0 Å². The van der Waals surface area contributed by atoms with Crippen LogP contribution in [0.25, 0.3) is 0 Å². The largest absolute Gasteiger partial charge is 0.311 e. The zero-order chi connectivity index (χ0) is 5.82. The maximum atomic E-state index is 5.11. The van der Waals surface area contributed by atoms with Crippen LogP contribution in [0.4, 0.5) is 0 Å². The maximum Gasteiger partial charge on any atom is 0.109 e. The van der Waals surface area contributed by atoms with E-state index in [0.717, 1.165) is 0 Å². The zero-order valence-electron chi connectivity index (χ0n) is 4.02. The van der Waals surface area contributed by atoms with Gasteiger partial charge in [-0.1, -0.05) is 0 Å². The van der Waals surface area contributed by atoms with E-state index in [2.05, 4.69) is 26.4 Å². The quantitative estimate of drug-likeness (QED) is 0.476. The molecule has 0 aromatic rings. The average Bonchev–Trinajstić information content (AvgIpc) is 1.90. The van der Waals surface area contributed by atoms with E-state index in [9.17, 15) is 0 Å². The Kier molecular flexibility index (Phi) is 1.33. The molecule has 0 aromatic heterocycles. The molecule has 8 heavy (non-hydrogen) atoms. The van der Waals surface area contributed by atoms with Gasteiger partial charge in [0.15, 0.2) is 0 Å². The number of hydrogen-bond donors (Lipinski definition) is 2. The monoisotopic (exact) mass is 115 g/mol. The summed E-state index contributed by atoms with van der Waals surface area (Å²) in [5, 5.41) is 14.3. The van der Waals surface area contributed by atoms with E-state index in [4.69, 9.17) is 5.73 Å². The van der Waals surface area contributed by atoms with Gasteiger partial charge >= 0.3 is 0 Å². The number of hydrogen-bond acceptors (Lipinski definition) is 7. The van der Waals surface area contributed by atoms with E-state index < -0.39 is 0 Å². The Morgan fingerprint density at radius 3 is 2.75 bits per heavy atom. The van der Waals surface area contributed by atoms with Crippen molar-refractivity contribution in [2.24, 2.45) is 26.6 Å². The van der Waals surface area contributed by atoms with Gasteiger partial charge in [-0.25, -0.2) is 0 Å². The van der Waals surface area contributed by atoms with Gasteiger partial charge in [-0.3, -0.25) is 0 Å². The molecule has 1 aliphatic rings. The minimum absolute atomic E-state index is 0.225. The molecule has 3 N–H and O–H groups in total. The lowest BCUT2D eigenvalue weighted by atomic mass is 11.2. The molecule has 0 fully saturated rings. The summed E-state index contributed by atoms with van der Waals surface area (Å²) >= 11 is 0. The summed E-state index contributed by atoms with van der Waals surface area (Å²) in [6, 6.07) is 0. The van der Waals surface area contributed by atoms with Crippen LogP contribution in [0.15, 0.2) is 20.9 Å². The molecule has 0 atom stereocenters. The third-order valence-electron chi connectivity index (χ3n) is 0.566. The van der Waals surface area contributed by atoms with Crippen LogP contribution in [0, 0.1) is 0 Å². The third kappa shape index (κ3) is 0.877. The topological polar surface area (TPSA) is 90.7 Å². The van der Waals surface area contributed by atoms with E-state index in [-0.39, 0.29) is 6.67 Å². The fourth-order valence-electron chi connectivity index (χ4n) is 0.255. The average molecular weight is 115 g/mol. The smallest absolute Gasteiger partial charge is 0.109 e. The van der Waals surface area contributed by atoms with Gasteiger partial charge in [-0.15, -0.1) is 0 Å². The summed E-state index contributed by atoms with van der Waals surface area (Å²) in [6.45, 7) is 0.225. The predicted molar refractivity (Wildman–Crippen MR) is 23.7 cm³/mol. The van der Waals surface area contributed by atoms with Crippen LogP contribution in [0.2, 0.25) is 0 Å². The Bertz CT molecular complexity index is 114. The molecule has 0 radical (unpaired) electrons. The number of nitrogens with zero attached hydrogens (tertiary/aromatic N) is 5. The summed E-state index contributed by atoms with van der Waals surface area (Å²) in [7, 11) is 0. The van der Waals surface area contributed by atoms with Crippen molar-refractivity contribution in [1.82, 2.24) is 10.7 Å². The Morgan fingerprint density at radius 1 is 1.50 bits per heavy atom. The van der Waals surface area contributed by atoms with Crippen LogP contribution < -0.4 is 11.3 Å². The van der Waals surface area contributed by atoms with Gasteiger partial charge in [-0.05, 0) is 20.9 Å². The molecule has 1 aliphatic heterocycles. The van der Waals surface area contributed by atoms with Crippen molar-refractivity contribution in [2.75, 3.05) is 6.67 Å². The molecule has 1 heterocycles. The fraction of sp³-hybridized carbons (Fsp3) is 1.00. The minimum Gasteiger partial charge on any atom is -0.311 e. The highest BCUT2D eigenvalue weighted by Crippen LogP contribution is 1.89. The first-order valence-electron chi connectivity index (χ1n) is 1.97. The Labute approximate surface area is 45.2 Å². The molecule has 0 unspecified atom stereocenters. The normalized spacial score (nSPS) is 16.4. The molecule has 0 amide bonds. The molecule has 7 nitrogen and oxygen atoms in total. The van der Waals surface area contributed by atoms with Crippen molar-refractivity contribution in [3.63, 3.8) is 0 Å². The molecule has 44 valence electrons. The first kappa shape index (κ1) is 4.91. The van der Waals surface area contributed by atoms with Gasteiger partial charge < -0.3 is 5.73 Å². The summed E-state index contributed by atoms with van der Waals surface area (Å²) < 4.78 is 0. The van der Waals surface area contributed by atoms with Crippen molar-refractivity contribution in [2.45, 2.75) is 0 Å². The number of nitrogens with two attached hydrogens (primary N) is 1. The number of hydrazine groups is 1. The molecule has 7 heteroatoms. The molecule has 0 aliphatic carbocycles. The van der Waals surface area contributed by atoms with Gasteiger partial charge in [0.05, 0.1) is 0 Å². The second-order valence-electron chi connectivity index (χ2n) is 1.05. The van der Waals surface area contributed by atoms with Crippen LogP contribution in [-0.4, -0.2) is 11.8 Å². The molecule has 0 bridgehead atoms. The van der Waals surface area contributed by atoms with Crippen LogP contribution in [0.3, 0.4) is 0 Å². The van der Waals surface area contributed by atoms with Crippen molar-refractivity contribution >= 4 is 0 Å². The number of nitrogens with one attached hydrogen (secondary N) is 1. The first-order chi connectivity index (χ1) is 3.93. The second kappa shape index (κ2) is 2.17. The maximum absolute atomic E-state index is 5.11. The lowest BCUT2D eigenvalue weighted by molar-refractivity contribution is 0.161. The van der Waals surface area contributed by atoms with E-state index in [1.165, 1.54) is 5.12 Å². The fourth-order valence-corrected chi connectivity index (χ4v) is 0.255. The highest BCUT2D eigenvalue weighted by Gasteiger charge is 1.95. The van der Waals surface area contributed by atoms with Gasteiger partial charge in [0.25, 0.3) is 0 Å². The van der Waals surface area contributed by atoms with Crippen molar-refractivity contribution in [1.29, 1.82) is 0 Å². The molecule has 0 spiro atoms. The van der Waals surface area contributed by atoms with Gasteiger partial charge in [0, 0.05) is 0 Å². The van der Waals surface area contributed by atoms with Crippen LogP contribution >= 0.6 is 0 Å². The van der Waals surface area contributed by atoms with Crippen molar-refractivity contribution in [3.8, 4) is 0 Å². The lowest BCUT2D eigenvalue weighted by Gasteiger charge is -2.11. The Balaban J connectivity index is 2.40. The summed E-state index contributed by atoms with van der Waals surface area (Å²) in [5.74, 6) is 0. The van der Waals surface area contributed by atoms with E-state index >= 15 is 0 Å². The molecule has 0 saturated heterocycles. The first-order valence-corrected chi connectivity index (χ1v) is 1.97. The van der Waals surface area contributed by atoms with Crippen LogP contribution in [0.1, 0.15) is 0 Å². The zero-order valence-corrected chi connectivity index (χ0v) is 4.02. The van der Waals surface area contributed by atoms with Gasteiger partial charge in [0.2, 0.25) is 0 Å². The van der Waals surface area contributed by atoms with Gasteiger partial charge in [0.1, 0.15) is 6.67 Å². The second-order valence-corrected chi connectivity index (χ2v) is 1.05.